The zero-order valence-electron chi connectivity index (χ0n) is 13.2. The van der Waals surface area contributed by atoms with Gasteiger partial charge in [-0.05, 0) is 43.1 Å². The molecule has 0 aromatic heterocycles. The first-order chi connectivity index (χ1) is 11.4. The second kappa shape index (κ2) is 7.37. The van der Waals surface area contributed by atoms with Crippen LogP contribution in [-0.4, -0.2) is 50.5 Å². The number of ether oxygens (including phenoxy) is 2. The average Bonchev–Trinajstić information content (AvgIpc) is 2.93. The SMILES string of the molecule is FC(F)(F)CN1CCC(CNCc2cc(Cl)c3c(c2)OCCO3)C1. The lowest BCUT2D eigenvalue weighted by Gasteiger charge is -2.20. The zero-order chi connectivity index (χ0) is 17.2. The molecule has 8 heteroatoms. The Hall–Kier alpha value is -1.18. The van der Waals surface area contributed by atoms with Crippen LogP contribution < -0.4 is 14.8 Å². The van der Waals surface area contributed by atoms with Gasteiger partial charge in [-0.15, -0.1) is 0 Å². The van der Waals surface area contributed by atoms with Crippen molar-refractivity contribution in [1.29, 1.82) is 0 Å². The van der Waals surface area contributed by atoms with Crippen LogP contribution in [0.1, 0.15) is 12.0 Å². The van der Waals surface area contributed by atoms with Crippen LogP contribution in [0.5, 0.6) is 11.5 Å². The van der Waals surface area contributed by atoms with Gasteiger partial charge in [0.15, 0.2) is 11.5 Å². The molecule has 1 saturated heterocycles. The fourth-order valence-electron chi connectivity index (χ4n) is 3.16. The standard InChI is InChI=1S/C16H20ClF3N2O2/c17-13-5-12(6-14-15(13)24-4-3-23-14)8-21-7-11-1-2-22(9-11)10-16(18,19)20/h5-6,11,21H,1-4,7-10H2. The highest BCUT2D eigenvalue weighted by Crippen LogP contribution is 2.38. The molecule has 1 unspecified atom stereocenters. The molecule has 1 N–H and O–H groups in total. The highest BCUT2D eigenvalue weighted by atomic mass is 35.5. The van der Waals surface area contributed by atoms with E-state index >= 15 is 0 Å². The molecule has 1 aromatic carbocycles. The minimum Gasteiger partial charge on any atom is -0.486 e. The Bertz CT molecular complexity index is 583. The van der Waals surface area contributed by atoms with Crippen LogP contribution in [0.3, 0.4) is 0 Å². The van der Waals surface area contributed by atoms with Crippen LogP contribution in [0.4, 0.5) is 13.2 Å². The van der Waals surface area contributed by atoms with Crippen molar-refractivity contribution in [1.82, 2.24) is 10.2 Å². The Morgan fingerprint density at radius 3 is 2.83 bits per heavy atom. The summed E-state index contributed by atoms with van der Waals surface area (Å²) < 4.78 is 48.2. The van der Waals surface area contributed by atoms with Crippen molar-refractivity contribution in [3.8, 4) is 11.5 Å². The predicted molar refractivity (Wildman–Crippen MR) is 84.8 cm³/mol. The molecule has 0 spiro atoms. The van der Waals surface area contributed by atoms with Gasteiger partial charge in [-0.1, -0.05) is 11.6 Å². The first-order valence-electron chi connectivity index (χ1n) is 7.98. The summed E-state index contributed by atoms with van der Waals surface area (Å²) in [6, 6.07) is 3.71. The maximum atomic E-state index is 12.4. The number of alkyl halides is 3. The molecule has 2 heterocycles. The predicted octanol–water partition coefficient (Wildman–Crippen LogP) is 3.09. The number of nitrogens with one attached hydrogen (secondary N) is 1. The fourth-order valence-corrected chi connectivity index (χ4v) is 3.45. The Labute approximate surface area is 143 Å². The topological polar surface area (TPSA) is 33.7 Å². The quantitative estimate of drug-likeness (QED) is 0.870. The van der Waals surface area contributed by atoms with Gasteiger partial charge in [0.1, 0.15) is 13.2 Å². The molecule has 2 aliphatic heterocycles. The van der Waals surface area contributed by atoms with E-state index in [9.17, 15) is 13.2 Å². The molecule has 0 radical (unpaired) electrons. The van der Waals surface area contributed by atoms with Crippen LogP contribution in [0.2, 0.25) is 5.02 Å². The third kappa shape index (κ3) is 4.68. The number of hydrogen-bond donors (Lipinski definition) is 1. The summed E-state index contributed by atoms with van der Waals surface area (Å²) in [6.07, 6.45) is -3.34. The maximum absolute atomic E-state index is 12.4. The van der Waals surface area contributed by atoms with Crippen molar-refractivity contribution in [3.05, 3.63) is 22.7 Å². The molecule has 0 saturated carbocycles. The molecule has 4 nitrogen and oxygen atoms in total. The molecule has 0 aliphatic carbocycles. The van der Waals surface area contributed by atoms with Crippen molar-refractivity contribution < 1.29 is 22.6 Å². The zero-order valence-corrected chi connectivity index (χ0v) is 13.9. The lowest BCUT2D eigenvalue weighted by atomic mass is 10.1. The van der Waals surface area contributed by atoms with Gasteiger partial charge in [0.05, 0.1) is 11.6 Å². The summed E-state index contributed by atoms with van der Waals surface area (Å²) >= 11 is 6.19. The normalized spacial score (nSPS) is 21.2. The van der Waals surface area contributed by atoms with Crippen molar-refractivity contribution >= 4 is 11.6 Å². The van der Waals surface area contributed by atoms with Gasteiger partial charge in [0.2, 0.25) is 0 Å². The van der Waals surface area contributed by atoms with Gasteiger partial charge in [-0.25, -0.2) is 0 Å². The molecule has 3 rings (SSSR count). The van der Waals surface area contributed by atoms with Crippen LogP contribution in [0.15, 0.2) is 12.1 Å². The van der Waals surface area contributed by atoms with E-state index in [4.69, 9.17) is 21.1 Å². The number of likely N-dealkylation sites (tertiary alicyclic amines) is 1. The largest absolute Gasteiger partial charge is 0.486 e. The fraction of sp³-hybridized carbons (Fsp3) is 0.625. The lowest BCUT2D eigenvalue weighted by molar-refractivity contribution is -0.143. The molecule has 1 aromatic rings. The summed E-state index contributed by atoms with van der Waals surface area (Å²) in [4.78, 5) is 1.47. The van der Waals surface area contributed by atoms with Crippen LogP contribution in [-0.2, 0) is 6.54 Å². The molecule has 24 heavy (non-hydrogen) atoms. The third-order valence-corrected chi connectivity index (χ3v) is 4.47. The summed E-state index contributed by atoms with van der Waals surface area (Å²) in [6.45, 7) is 2.42. The van der Waals surface area contributed by atoms with Crippen LogP contribution in [0.25, 0.3) is 0 Å². The van der Waals surface area contributed by atoms with Gasteiger partial charge in [0.25, 0.3) is 0 Å². The van der Waals surface area contributed by atoms with E-state index in [1.807, 2.05) is 12.1 Å². The average molecular weight is 365 g/mol. The van der Waals surface area contributed by atoms with Gasteiger partial charge < -0.3 is 14.8 Å². The Morgan fingerprint density at radius 1 is 1.25 bits per heavy atom. The number of fused-ring (bicyclic) bond motifs is 1. The summed E-state index contributed by atoms with van der Waals surface area (Å²) in [7, 11) is 0. The number of nitrogens with zero attached hydrogens (tertiary/aromatic N) is 1. The molecule has 1 fully saturated rings. The van der Waals surface area contributed by atoms with Gasteiger partial charge >= 0.3 is 6.18 Å². The minimum atomic E-state index is -4.12. The number of rotatable bonds is 5. The van der Waals surface area contributed by atoms with Gasteiger partial charge in [0, 0.05) is 13.1 Å². The van der Waals surface area contributed by atoms with Crippen molar-refractivity contribution in [2.75, 3.05) is 39.4 Å². The highest BCUT2D eigenvalue weighted by Gasteiger charge is 2.34. The maximum Gasteiger partial charge on any atom is 0.401 e. The highest BCUT2D eigenvalue weighted by molar-refractivity contribution is 6.32. The van der Waals surface area contributed by atoms with Crippen molar-refractivity contribution in [3.63, 3.8) is 0 Å². The van der Waals surface area contributed by atoms with E-state index in [0.717, 1.165) is 12.0 Å². The first kappa shape index (κ1) is 17.6. The molecule has 0 bridgehead atoms. The minimum absolute atomic E-state index is 0.236. The van der Waals surface area contributed by atoms with E-state index in [-0.39, 0.29) is 5.92 Å². The summed E-state index contributed by atoms with van der Waals surface area (Å²) in [5.74, 6) is 1.45. The lowest BCUT2D eigenvalue weighted by Crippen LogP contribution is -2.33. The monoisotopic (exact) mass is 364 g/mol. The molecular formula is C16H20ClF3N2O2. The van der Waals surface area contributed by atoms with Gasteiger partial charge in [-0.2, -0.15) is 13.2 Å². The van der Waals surface area contributed by atoms with Crippen LogP contribution >= 0.6 is 11.6 Å². The second-order valence-corrected chi connectivity index (χ2v) is 6.64. The summed E-state index contributed by atoms with van der Waals surface area (Å²) in [5, 5.41) is 3.81. The van der Waals surface area contributed by atoms with Gasteiger partial charge in [-0.3, -0.25) is 4.90 Å². The summed E-state index contributed by atoms with van der Waals surface area (Å²) in [5.41, 5.74) is 0.967. The Morgan fingerprint density at radius 2 is 2.04 bits per heavy atom. The van der Waals surface area contributed by atoms with Crippen LogP contribution in [0, 0.1) is 5.92 Å². The Kier molecular flexibility index (Phi) is 5.42. The molecule has 0 amide bonds. The van der Waals surface area contributed by atoms with E-state index in [2.05, 4.69) is 5.32 Å². The van der Waals surface area contributed by atoms with Crippen molar-refractivity contribution in [2.45, 2.75) is 19.1 Å². The number of halogens is 4. The third-order valence-electron chi connectivity index (χ3n) is 4.19. The second-order valence-electron chi connectivity index (χ2n) is 6.24. The van der Waals surface area contributed by atoms with E-state index < -0.39 is 12.7 Å². The molecule has 1 atom stereocenters. The van der Waals surface area contributed by atoms with E-state index in [0.29, 0.717) is 55.9 Å². The van der Waals surface area contributed by atoms with E-state index in [1.165, 1.54) is 4.90 Å². The Balaban J connectivity index is 1.46. The number of hydrogen-bond acceptors (Lipinski definition) is 4. The molecular weight excluding hydrogens is 345 g/mol. The van der Waals surface area contributed by atoms with E-state index in [1.54, 1.807) is 0 Å². The smallest absolute Gasteiger partial charge is 0.401 e. The number of benzene rings is 1. The first-order valence-corrected chi connectivity index (χ1v) is 8.36. The molecule has 2 aliphatic rings. The molecule has 134 valence electrons. The van der Waals surface area contributed by atoms with Crippen molar-refractivity contribution in [2.24, 2.45) is 5.92 Å².